The summed E-state index contributed by atoms with van der Waals surface area (Å²) in [5.41, 5.74) is 1.07. The third-order valence-electron chi connectivity index (χ3n) is 3.41. The quantitative estimate of drug-likeness (QED) is 0.716. The van der Waals surface area contributed by atoms with Gasteiger partial charge in [0.2, 0.25) is 0 Å². The second-order valence-corrected chi connectivity index (χ2v) is 8.26. The summed E-state index contributed by atoms with van der Waals surface area (Å²) in [6, 6.07) is 6.03. The molecule has 0 aliphatic rings. The van der Waals surface area contributed by atoms with E-state index in [-0.39, 0.29) is 17.5 Å². The molecule has 120 valence electrons. The Morgan fingerprint density at radius 1 is 1.33 bits per heavy atom. The molecule has 0 fully saturated rings. The molecule has 0 aromatic heterocycles. The zero-order chi connectivity index (χ0) is 15.9. The Hall–Kier alpha value is -0.590. The first-order valence-electron chi connectivity index (χ1n) is 7.20. The minimum absolute atomic E-state index is 0.102. The molecule has 1 aromatic rings. The second-order valence-electron chi connectivity index (χ2n) is 4.88. The van der Waals surface area contributed by atoms with Crippen LogP contribution in [0.3, 0.4) is 0 Å². The largest absolute Gasteiger partial charge is 0.496 e. The minimum atomic E-state index is -2.90. The van der Waals surface area contributed by atoms with E-state index in [9.17, 15) is 8.42 Å². The molecule has 0 saturated heterocycles. The van der Waals surface area contributed by atoms with Gasteiger partial charge in [-0.2, -0.15) is 0 Å². The lowest BCUT2D eigenvalue weighted by Crippen LogP contribution is -2.22. The van der Waals surface area contributed by atoms with Gasteiger partial charge in [-0.1, -0.05) is 35.8 Å². The highest BCUT2D eigenvalue weighted by molar-refractivity contribution is 9.10. The zero-order valence-corrected chi connectivity index (χ0v) is 15.3. The molecule has 0 amide bonds. The molecule has 1 N–H and O–H groups in total. The molecule has 0 aliphatic carbocycles. The third-order valence-corrected chi connectivity index (χ3v) is 5.69. The number of sulfone groups is 1. The Kier molecular flexibility index (Phi) is 7.70. The number of ether oxygens (including phenoxy) is 1. The summed E-state index contributed by atoms with van der Waals surface area (Å²) in [5.74, 6) is 1.26. The molecule has 6 heteroatoms. The SMILES string of the molecule is CCNC(CCCS(=O)(=O)CC)c1ccc(Br)cc1OC. The van der Waals surface area contributed by atoms with E-state index >= 15 is 0 Å². The van der Waals surface area contributed by atoms with Crippen LogP contribution in [0.4, 0.5) is 0 Å². The Labute approximate surface area is 136 Å². The van der Waals surface area contributed by atoms with Gasteiger partial charge in [0, 0.05) is 21.8 Å². The first-order valence-corrected chi connectivity index (χ1v) is 9.82. The zero-order valence-electron chi connectivity index (χ0n) is 12.9. The lowest BCUT2D eigenvalue weighted by atomic mass is 10.0. The van der Waals surface area contributed by atoms with Crippen molar-refractivity contribution < 1.29 is 13.2 Å². The highest BCUT2D eigenvalue weighted by Gasteiger charge is 2.17. The van der Waals surface area contributed by atoms with E-state index in [0.717, 1.165) is 28.8 Å². The van der Waals surface area contributed by atoms with Crippen molar-refractivity contribution in [3.05, 3.63) is 28.2 Å². The maximum atomic E-state index is 11.6. The van der Waals surface area contributed by atoms with Crippen molar-refractivity contribution in [1.29, 1.82) is 0 Å². The van der Waals surface area contributed by atoms with Crippen molar-refractivity contribution in [3.63, 3.8) is 0 Å². The predicted octanol–water partition coefficient (Wildman–Crippen LogP) is 3.32. The van der Waals surface area contributed by atoms with Gasteiger partial charge < -0.3 is 10.1 Å². The van der Waals surface area contributed by atoms with Crippen molar-refractivity contribution in [2.75, 3.05) is 25.2 Å². The number of halogens is 1. The van der Waals surface area contributed by atoms with E-state index in [1.54, 1.807) is 14.0 Å². The molecule has 0 spiro atoms. The van der Waals surface area contributed by atoms with Crippen molar-refractivity contribution in [1.82, 2.24) is 5.32 Å². The van der Waals surface area contributed by atoms with E-state index in [0.29, 0.717) is 6.42 Å². The molecule has 1 atom stereocenters. The summed E-state index contributed by atoms with van der Waals surface area (Å²) >= 11 is 3.43. The van der Waals surface area contributed by atoms with E-state index < -0.39 is 9.84 Å². The fraction of sp³-hybridized carbons (Fsp3) is 0.600. The summed E-state index contributed by atoms with van der Waals surface area (Å²) in [6.45, 7) is 4.56. The molecule has 0 aliphatic heterocycles. The summed E-state index contributed by atoms with van der Waals surface area (Å²) in [7, 11) is -1.25. The standard InChI is InChI=1S/C15H24BrNO3S/c1-4-17-14(7-6-10-21(18,19)5-2)13-9-8-12(16)11-15(13)20-3/h8-9,11,14,17H,4-7,10H2,1-3H3. The fourth-order valence-corrected chi connectivity index (χ4v) is 3.47. The van der Waals surface area contributed by atoms with Crippen LogP contribution in [0.2, 0.25) is 0 Å². The molecule has 0 saturated carbocycles. The first-order chi connectivity index (χ1) is 9.93. The maximum absolute atomic E-state index is 11.6. The van der Waals surface area contributed by atoms with Crippen LogP contribution >= 0.6 is 15.9 Å². The van der Waals surface area contributed by atoms with Crippen molar-refractivity contribution >= 4 is 25.8 Å². The van der Waals surface area contributed by atoms with E-state index in [2.05, 4.69) is 21.2 Å². The highest BCUT2D eigenvalue weighted by Crippen LogP contribution is 2.31. The van der Waals surface area contributed by atoms with E-state index in [4.69, 9.17) is 4.74 Å². The van der Waals surface area contributed by atoms with Gasteiger partial charge in [0.15, 0.2) is 0 Å². The Morgan fingerprint density at radius 3 is 2.62 bits per heavy atom. The molecular formula is C15H24BrNO3S. The Balaban J connectivity index is 2.82. The average molecular weight is 378 g/mol. The van der Waals surface area contributed by atoms with Gasteiger partial charge >= 0.3 is 0 Å². The second kappa shape index (κ2) is 8.76. The fourth-order valence-electron chi connectivity index (χ4n) is 2.24. The van der Waals surface area contributed by atoms with Crippen LogP contribution in [0.1, 0.15) is 38.3 Å². The number of methoxy groups -OCH3 is 1. The lowest BCUT2D eigenvalue weighted by Gasteiger charge is -2.21. The highest BCUT2D eigenvalue weighted by atomic mass is 79.9. The van der Waals surface area contributed by atoms with Crippen LogP contribution < -0.4 is 10.1 Å². The molecule has 0 heterocycles. The number of nitrogens with one attached hydrogen (secondary N) is 1. The summed E-state index contributed by atoms with van der Waals surface area (Å²) in [6.07, 6.45) is 1.41. The Morgan fingerprint density at radius 2 is 2.05 bits per heavy atom. The number of hydrogen-bond donors (Lipinski definition) is 1. The van der Waals surface area contributed by atoms with Crippen LogP contribution in [0, 0.1) is 0 Å². The van der Waals surface area contributed by atoms with Gasteiger partial charge in [0.05, 0.1) is 12.9 Å². The normalized spacial score (nSPS) is 13.1. The van der Waals surface area contributed by atoms with Crippen LogP contribution in [-0.4, -0.2) is 33.6 Å². The molecule has 1 aromatic carbocycles. The molecular weight excluding hydrogens is 354 g/mol. The smallest absolute Gasteiger partial charge is 0.150 e. The van der Waals surface area contributed by atoms with Crippen molar-refractivity contribution in [2.24, 2.45) is 0 Å². The average Bonchev–Trinajstić information content (AvgIpc) is 2.46. The number of hydrogen-bond acceptors (Lipinski definition) is 4. The Bertz CT molecular complexity index is 546. The van der Waals surface area contributed by atoms with Crippen LogP contribution in [-0.2, 0) is 9.84 Å². The van der Waals surface area contributed by atoms with Crippen LogP contribution in [0.5, 0.6) is 5.75 Å². The van der Waals surface area contributed by atoms with Gasteiger partial charge in [-0.15, -0.1) is 0 Å². The van der Waals surface area contributed by atoms with Gasteiger partial charge in [0.25, 0.3) is 0 Å². The number of rotatable bonds is 9. The molecule has 1 rings (SSSR count). The van der Waals surface area contributed by atoms with Gasteiger partial charge in [0.1, 0.15) is 15.6 Å². The molecule has 4 nitrogen and oxygen atoms in total. The monoisotopic (exact) mass is 377 g/mol. The first kappa shape index (κ1) is 18.5. The van der Waals surface area contributed by atoms with Crippen molar-refractivity contribution in [3.8, 4) is 5.75 Å². The number of benzene rings is 1. The van der Waals surface area contributed by atoms with Gasteiger partial charge in [-0.3, -0.25) is 0 Å². The molecule has 21 heavy (non-hydrogen) atoms. The van der Waals surface area contributed by atoms with Crippen molar-refractivity contribution in [2.45, 2.75) is 32.7 Å². The molecule has 0 radical (unpaired) electrons. The molecule has 1 unspecified atom stereocenters. The third kappa shape index (κ3) is 5.96. The minimum Gasteiger partial charge on any atom is -0.496 e. The van der Waals surface area contributed by atoms with E-state index in [1.807, 2.05) is 25.1 Å². The summed E-state index contributed by atoms with van der Waals surface area (Å²) < 4.78 is 29.6. The topological polar surface area (TPSA) is 55.4 Å². The summed E-state index contributed by atoms with van der Waals surface area (Å²) in [4.78, 5) is 0. The van der Waals surface area contributed by atoms with Crippen LogP contribution in [0.15, 0.2) is 22.7 Å². The predicted molar refractivity (Wildman–Crippen MR) is 90.7 cm³/mol. The van der Waals surface area contributed by atoms with E-state index in [1.165, 1.54) is 0 Å². The van der Waals surface area contributed by atoms with Gasteiger partial charge in [-0.05, 0) is 31.5 Å². The van der Waals surface area contributed by atoms with Crippen LogP contribution in [0.25, 0.3) is 0 Å². The molecule has 0 bridgehead atoms. The van der Waals surface area contributed by atoms with Gasteiger partial charge in [-0.25, -0.2) is 8.42 Å². The lowest BCUT2D eigenvalue weighted by molar-refractivity contribution is 0.395. The maximum Gasteiger partial charge on any atom is 0.150 e. The summed E-state index contributed by atoms with van der Waals surface area (Å²) in [5, 5.41) is 3.41.